The van der Waals surface area contributed by atoms with E-state index in [1.165, 1.54) is 0 Å². The van der Waals surface area contributed by atoms with E-state index in [2.05, 4.69) is 22.9 Å². The van der Waals surface area contributed by atoms with Gasteiger partial charge in [0.15, 0.2) is 0 Å². The number of hydrogen-bond donors (Lipinski definition) is 3. The molecule has 100 valence electrons. The molecule has 5 heteroatoms. The van der Waals surface area contributed by atoms with Gasteiger partial charge in [-0.25, -0.2) is 4.79 Å². The predicted molar refractivity (Wildman–Crippen MR) is 73.1 cm³/mol. The topological polar surface area (TPSA) is 62.4 Å². The first-order valence-electron chi connectivity index (χ1n) is 5.99. The number of methoxy groups -OCH3 is 1. The number of nitrogens with one attached hydrogen (secondary N) is 3. The fourth-order valence-corrected chi connectivity index (χ4v) is 1.54. The van der Waals surface area contributed by atoms with Gasteiger partial charge in [-0.15, -0.1) is 0 Å². The SMILES string of the molecule is CNCC(C)CNC(=O)Nc1ccc(OC)cc1. The molecule has 1 unspecified atom stereocenters. The molecule has 0 heterocycles. The summed E-state index contributed by atoms with van der Waals surface area (Å²) in [4.78, 5) is 11.6. The minimum absolute atomic E-state index is 0.192. The van der Waals surface area contributed by atoms with Crippen molar-refractivity contribution in [1.82, 2.24) is 10.6 Å². The molecule has 0 aromatic heterocycles. The summed E-state index contributed by atoms with van der Waals surface area (Å²) in [6.45, 7) is 3.59. The maximum absolute atomic E-state index is 11.6. The molecule has 0 aliphatic rings. The third-order valence-corrected chi connectivity index (χ3v) is 2.51. The molecule has 0 aliphatic carbocycles. The summed E-state index contributed by atoms with van der Waals surface area (Å²) in [6.07, 6.45) is 0. The fraction of sp³-hybridized carbons (Fsp3) is 0.462. The van der Waals surface area contributed by atoms with Gasteiger partial charge in [-0.1, -0.05) is 6.92 Å². The molecule has 18 heavy (non-hydrogen) atoms. The Morgan fingerprint density at radius 2 is 1.94 bits per heavy atom. The van der Waals surface area contributed by atoms with Gasteiger partial charge in [0.1, 0.15) is 5.75 Å². The van der Waals surface area contributed by atoms with Crippen molar-refractivity contribution in [1.29, 1.82) is 0 Å². The average molecular weight is 251 g/mol. The molecule has 0 bridgehead atoms. The van der Waals surface area contributed by atoms with Gasteiger partial charge in [-0.05, 0) is 43.8 Å². The monoisotopic (exact) mass is 251 g/mol. The van der Waals surface area contributed by atoms with Crippen molar-refractivity contribution in [3.8, 4) is 5.75 Å². The summed E-state index contributed by atoms with van der Waals surface area (Å²) in [5.74, 6) is 1.17. The Bertz CT molecular complexity index is 365. The largest absolute Gasteiger partial charge is 0.497 e. The highest BCUT2D eigenvalue weighted by Gasteiger charge is 2.04. The van der Waals surface area contributed by atoms with Crippen molar-refractivity contribution in [2.24, 2.45) is 5.92 Å². The standard InChI is InChI=1S/C13H21N3O2/c1-10(8-14-2)9-15-13(17)16-11-4-6-12(18-3)7-5-11/h4-7,10,14H,8-9H2,1-3H3,(H2,15,16,17). The molecule has 1 rings (SSSR count). The summed E-state index contributed by atoms with van der Waals surface area (Å²) in [5.41, 5.74) is 0.745. The summed E-state index contributed by atoms with van der Waals surface area (Å²) >= 11 is 0. The Hall–Kier alpha value is -1.75. The van der Waals surface area contributed by atoms with E-state index in [-0.39, 0.29) is 6.03 Å². The number of anilines is 1. The quantitative estimate of drug-likeness (QED) is 0.720. The van der Waals surface area contributed by atoms with E-state index in [1.807, 2.05) is 7.05 Å². The average Bonchev–Trinajstić information content (AvgIpc) is 2.38. The van der Waals surface area contributed by atoms with Crippen LogP contribution in [-0.2, 0) is 0 Å². The summed E-state index contributed by atoms with van der Waals surface area (Å²) in [7, 11) is 3.51. The second kappa shape index (κ2) is 7.55. The number of carbonyl (C=O) groups excluding carboxylic acids is 1. The van der Waals surface area contributed by atoms with Crippen molar-refractivity contribution >= 4 is 11.7 Å². The molecule has 5 nitrogen and oxygen atoms in total. The van der Waals surface area contributed by atoms with Crippen LogP contribution in [0.4, 0.5) is 10.5 Å². The van der Waals surface area contributed by atoms with Crippen LogP contribution < -0.4 is 20.7 Å². The van der Waals surface area contributed by atoms with Crippen LogP contribution in [0, 0.1) is 5.92 Å². The number of rotatable bonds is 6. The van der Waals surface area contributed by atoms with E-state index in [0.29, 0.717) is 12.5 Å². The molecule has 0 spiro atoms. The molecule has 1 aromatic carbocycles. The zero-order valence-electron chi connectivity index (χ0n) is 11.1. The van der Waals surface area contributed by atoms with Crippen molar-refractivity contribution in [2.75, 3.05) is 32.6 Å². The van der Waals surface area contributed by atoms with Crippen molar-refractivity contribution in [2.45, 2.75) is 6.92 Å². The highest BCUT2D eigenvalue weighted by molar-refractivity contribution is 5.89. The van der Waals surface area contributed by atoms with Gasteiger partial charge in [0, 0.05) is 12.2 Å². The zero-order valence-corrected chi connectivity index (χ0v) is 11.1. The number of urea groups is 1. The number of hydrogen-bond acceptors (Lipinski definition) is 3. The van der Waals surface area contributed by atoms with Crippen LogP contribution in [0.25, 0.3) is 0 Å². The molecule has 0 radical (unpaired) electrons. The molecular formula is C13H21N3O2. The van der Waals surface area contributed by atoms with Crippen molar-refractivity contribution in [3.63, 3.8) is 0 Å². The van der Waals surface area contributed by atoms with E-state index in [0.717, 1.165) is 18.0 Å². The van der Waals surface area contributed by atoms with Crippen molar-refractivity contribution < 1.29 is 9.53 Å². The lowest BCUT2D eigenvalue weighted by Gasteiger charge is -2.12. The second-order valence-corrected chi connectivity index (χ2v) is 4.23. The molecule has 2 amide bonds. The first-order valence-corrected chi connectivity index (χ1v) is 5.99. The van der Waals surface area contributed by atoms with E-state index in [9.17, 15) is 4.79 Å². The number of ether oxygens (including phenoxy) is 1. The molecule has 0 fully saturated rings. The van der Waals surface area contributed by atoms with Crippen LogP contribution in [0.5, 0.6) is 5.75 Å². The van der Waals surface area contributed by atoms with Crippen LogP contribution in [0.15, 0.2) is 24.3 Å². The van der Waals surface area contributed by atoms with Gasteiger partial charge in [-0.2, -0.15) is 0 Å². The van der Waals surface area contributed by atoms with Crippen LogP contribution in [0.1, 0.15) is 6.92 Å². The van der Waals surface area contributed by atoms with E-state index in [1.54, 1.807) is 31.4 Å². The molecule has 0 saturated carbocycles. The summed E-state index contributed by atoms with van der Waals surface area (Å²) in [5, 5.41) is 8.66. The fourth-order valence-electron chi connectivity index (χ4n) is 1.54. The Morgan fingerprint density at radius 3 is 2.50 bits per heavy atom. The lowest BCUT2D eigenvalue weighted by atomic mass is 10.2. The molecule has 3 N–H and O–H groups in total. The Kier molecular flexibility index (Phi) is 6.00. The first-order chi connectivity index (χ1) is 8.65. The van der Waals surface area contributed by atoms with Crippen molar-refractivity contribution in [3.05, 3.63) is 24.3 Å². The third-order valence-electron chi connectivity index (χ3n) is 2.51. The second-order valence-electron chi connectivity index (χ2n) is 4.23. The van der Waals surface area contributed by atoms with Crippen LogP contribution in [0.2, 0.25) is 0 Å². The third kappa shape index (κ3) is 5.05. The minimum atomic E-state index is -0.192. The normalized spacial score (nSPS) is 11.7. The van der Waals surface area contributed by atoms with Gasteiger partial charge in [0.25, 0.3) is 0 Å². The van der Waals surface area contributed by atoms with Gasteiger partial charge in [0.2, 0.25) is 0 Å². The minimum Gasteiger partial charge on any atom is -0.497 e. The highest BCUT2D eigenvalue weighted by Crippen LogP contribution is 2.14. The van der Waals surface area contributed by atoms with E-state index < -0.39 is 0 Å². The van der Waals surface area contributed by atoms with E-state index in [4.69, 9.17) is 4.74 Å². The molecule has 0 aliphatic heterocycles. The van der Waals surface area contributed by atoms with Gasteiger partial charge >= 0.3 is 6.03 Å². The van der Waals surface area contributed by atoms with Gasteiger partial charge in [-0.3, -0.25) is 0 Å². The zero-order chi connectivity index (χ0) is 13.4. The lowest BCUT2D eigenvalue weighted by Crippen LogP contribution is -2.35. The number of amides is 2. The molecule has 1 atom stereocenters. The molecular weight excluding hydrogens is 230 g/mol. The number of carbonyl (C=O) groups is 1. The Balaban J connectivity index is 2.35. The smallest absolute Gasteiger partial charge is 0.319 e. The van der Waals surface area contributed by atoms with Crippen LogP contribution in [-0.4, -0.2) is 33.3 Å². The van der Waals surface area contributed by atoms with Crippen LogP contribution in [0.3, 0.4) is 0 Å². The summed E-state index contributed by atoms with van der Waals surface area (Å²) in [6, 6.07) is 7.02. The highest BCUT2D eigenvalue weighted by atomic mass is 16.5. The van der Waals surface area contributed by atoms with Crippen LogP contribution >= 0.6 is 0 Å². The van der Waals surface area contributed by atoms with Gasteiger partial charge in [0.05, 0.1) is 7.11 Å². The predicted octanol–water partition coefficient (Wildman–Crippen LogP) is 1.67. The molecule has 1 aromatic rings. The Labute approximate surface area is 108 Å². The van der Waals surface area contributed by atoms with Gasteiger partial charge < -0.3 is 20.7 Å². The lowest BCUT2D eigenvalue weighted by molar-refractivity contribution is 0.250. The maximum Gasteiger partial charge on any atom is 0.319 e. The maximum atomic E-state index is 11.6. The Morgan fingerprint density at radius 1 is 1.28 bits per heavy atom. The number of benzene rings is 1. The van der Waals surface area contributed by atoms with E-state index >= 15 is 0 Å². The summed E-state index contributed by atoms with van der Waals surface area (Å²) < 4.78 is 5.04. The first kappa shape index (κ1) is 14.3. The molecule has 0 saturated heterocycles.